The van der Waals surface area contributed by atoms with Gasteiger partial charge in [-0.1, -0.05) is 11.2 Å². The monoisotopic (exact) mass is 222 g/mol. The molecule has 84 valence electrons. The third-order valence-electron chi connectivity index (χ3n) is 2.13. The number of halogens is 1. The average molecular weight is 222 g/mol. The van der Waals surface area contributed by atoms with Crippen LogP contribution in [-0.4, -0.2) is 10.3 Å². The Balaban J connectivity index is 1.87. The Kier molecular flexibility index (Phi) is 3.16. The molecule has 0 aliphatic heterocycles. The van der Waals surface area contributed by atoms with Crippen LogP contribution in [0.4, 0.5) is 4.39 Å². The number of hydrogen-bond acceptors (Lipinski definition) is 4. The minimum atomic E-state index is -0.612. The van der Waals surface area contributed by atoms with Gasteiger partial charge in [-0.2, -0.15) is 0 Å². The maximum Gasteiger partial charge on any atom is 0.165 e. The number of aromatic nitrogens is 1. The molecular formula is C11H11FN2O2. The molecule has 0 saturated carbocycles. The van der Waals surface area contributed by atoms with E-state index in [2.05, 4.69) is 10.5 Å². The van der Waals surface area contributed by atoms with Gasteiger partial charge in [0, 0.05) is 12.6 Å². The Labute approximate surface area is 91.7 Å². The lowest BCUT2D eigenvalue weighted by molar-refractivity contribution is 0.372. The third-order valence-corrected chi connectivity index (χ3v) is 2.13. The van der Waals surface area contributed by atoms with Crippen LogP contribution in [0.1, 0.15) is 11.3 Å². The molecule has 5 heteroatoms. The molecule has 16 heavy (non-hydrogen) atoms. The first-order valence-electron chi connectivity index (χ1n) is 4.83. The number of aromatic hydroxyl groups is 1. The van der Waals surface area contributed by atoms with Crippen molar-refractivity contribution in [3.8, 4) is 5.75 Å². The number of nitrogens with zero attached hydrogens (tertiary/aromatic N) is 1. The molecule has 0 amide bonds. The molecule has 2 rings (SSSR count). The Bertz CT molecular complexity index is 457. The Hall–Kier alpha value is -1.88. The standard InChI is InChI=1S/C11H11FN2O2/c12-10-5-8(1-2-11(10)15)6-13-7-9-3-4-14-16-9/h1-5,13,15H,6-7H2. The number of benzene rings is 1. The summed E-state index contributed by atoms with van der Waals surface area (Å²) in [7, 11) is 0. The van der Waals surface area contributed by atoms with Gasteiger partial charge < -0.3 is 14.9 Å². The van der Waals surface area contributed by atoms with E-state index >= 15 is 0 Å². The van der Waals surface area contributed by atoms with Crippen LogP contribution in [0.25, 0.3) is 0 Å². The van der Waals surface area contributed by atoms with E-state index in [0.717, 1.165) is 11.3 Å². The normalized spacial score (nSPS) is 10.6. The zero-order valence-corrected chi connectivity index (χ0v) is 8.48. The molecule has 0 atom stereocenters. The SMILES string of the molecule is Oc1ccc(CNCc2ccno2)cc1F. The fourth-order valence-corrected chi connectivity index (χ4v) is 1.32. The summed E-state index contributed by atoms with van der Waals surface area (Å²) >= 11 is 0. The predicted molar refractivity (Wildman–Crippen MR) is 55.1 cm³/mol. The second kappa shape index (κ2) is 4.76. The van der Waals surface area contributed by atoms with Crippen molar-refractivity contribution in [1.29, 1.82) is 0 Å². The first-order valence-corrected chi connectivity index (χ1v) is 4.83. The van der Waals surface area contributed by atoms with E-state index in [4.69, 9.17) is 9.63 Å². The average Bonchev–Trinajstić information content (AvgIpc) is 2.76. The van der Waals surface area contributed by atoms with Crippen LogP contribution in [-0.2, 0) is 13.1 Å². The zero-order chi connectivity index (χ0) is 11.4. The molecule has 0 aliphatic rings. The van der Waals surface area contributed by atoms with Crippen molar-refractivity contribution in [3.05, 3.63) is 47.6 Å². The maximum absolute atomic E-state index is 13.0. The van der Waals surface area contributed by atoms with Gasteiger partial charge in [-0.3, -0.25) is 0 Å². The molecule has 0 spiro atoms. The second-order valence-corrected chi connectivity index (χ2v) is 3.37. The maximum atomic E-state index is 13.0. The van der Waals surface area contributed by atoms with Crippen molar-refractivity contribution in [3.63, 3.8) is 0 Å². The topological polar surface area (TPSA) is 58.3 Å². The largest absolute Gasteiger partial charge is 0.505 e. The molecule has 0 saturated heterocycles. The number of phenols is 1. The summed E-state index contributed by atoms with van der Waals surface area (Å²) in [6.07, 6.45) is 1.57. The van der Waals surface area contributed by atoms with Crippen LogP contribution >= 0.6 is 0 Å². The van der Waals surface area contributed by atoms with E-state index in [9.17, 15) is 4.39 Å². The van der Waals surface area contributed by atoms with Crippen molar-refractivity contribution in [1.82, 2.24) is 10.5 Å². The van der Waals surface area contributed by atoms with Crippen LogP contribution in [0.3, 0.4) is 0 Å². The molecule has 0 aliphatic carbocycles. The summed E-state index contributed by atoms with van der Waals surface area (Å²) in [4.78, 5) is 0. The van der Waals surface area contributed by atoms with E-state index in [0.29, 0.717) is 13.1 Å². The molecule has 2 N–H and O–H groups in total. The number of hydrogen-bond donors (Lipinski definition) is 2. The van der Waals surface area contributed by atoms with Crippen LogP contribution in [0.15, 0.2) is 35.0 Å². The summed E-state index contributed by atoms with van der Waals surface area (Å²) in [5.41, 5.74) is 0.759. The van der Waals surface area contributed by atoms with Crippen LogP contribution in [0.2, 0.25) is 0 Å². The molecule has 1 aromatic carbocycles. The van der Waals surface area contributed by atoms with Crippen molar-refractivity contribution >= 4 is 0 Å². The Morgan fingerprint density at radius 3 is 2.88 bits per heavy atom. The molecule has 4 nitrogen and oxygen atoms in total. The summed E-state index contributed by atoms with van der Waals surface area (Å²) in [5.74, 6) is -0.225. The number of phenolic OH excluding ortho intramolecular Hbond substituents is 1. The van der Waals surface area contributed by atoms with E-state index < -0.39 is 5.82 Å². The lowest BCUT2D eigenvalue weighted by Gasteiger charge is -2.03. The Morgan fingerprint density at radius 2 is 2.19 bits per heavy atom. The lowest BCUT2D eigenvalue weighted by atomic mass is 10.2. The van der Waals surface area contributed by atoms with Gasteiger partial charge in [-0.25, -0.2) is 4.39 Å². The zero-order valence-electron chi connectivity index (χ0n) is 8.48. The van der Waals surface area contributed by atoms with Gasteiger partial charge >= 0.3 is 0 Å². The van der Waals surface area contributed by atoms with Crippen molar-refractivity contribution in [2.24, 2.45) is 0 Å². The fourth-order valence-electron chi connectivity index (χ4n) is 1.32. The molecule has 0 bridgehead atoms. The van der Waals surface area contributed by atoms with Gasteiger partial charge in [0.25, 0.3) is 0 Å². The molecule has 0 fully saturated rings. The Morgan fingerprint density at radius 1 is 1.31 bits per heavy atom. The molecule has 1 aromatic heterocycles. The van der Waals surface area contributed by atoms with E-state index in [1.807, 2.05) is 0 Å². The molecule has 0 unspecified atom stereocenters. The highest BCUT2D eigenvalue weighted by molar-refractivity contribution is 5.27. The van der Waals surface area contributed by atoms with E-state index in [1.165, 1.54) is 12.1 Å². The first kappa shape index (κ1) is 10.6. The van der Waals surface area contributed by atoms with E-state index in [-0.39, 0.29) is 5.75 Å². The van der Waals surface area contributed by atoms with Gasteiger partial charge in [0.05, 0.1) is 12.7 Å². The quantitative estimate of drug-likeness (QED) is 0.828. The summed E-state index contributed by atoms with van der Waals surface area (Å²) in [6.45, 7) is 1.03. The first-order chi connectivity index (χ1) is 7.75. The van der Waals surface area contributed by atoms with Gasteiger partial charge in [0.2, 0.25) is 0 Å². The van der Waals surface area contributed by atoms with Crippen molar-refractivity contribution in [2.75, 3.05) is 0 Å². The predicted octanol–water partition coefficient (Wildman–Crippen LogP) is 1.81. The number of rotatable bonds is 4. The number of nitrogens with one attached hydrogen (secondary N) is 1. The summed E-state index contributed by atoms with van der Waals surface area (Å²) in [6, 6.07) is 6.04. The molecule has 2 aromatic rings. The van der Waals surface area contributed by atoms with E-state index in [1.54, 1.807) is 18.3 Å². The van der Waals surface area contributed by atoms with Gasteiger partial charge in [0.15, 0.2) is 11.6 Å². The van der Waals surface area contributed by atoms with Gasteiger partial charge in [0.1, 0.15) is 5.76 Å². The molecule has 0 radical (unpaired) electrons. The minimum Gasteiger partial charge on any atom is -0.505 e. The van der Waals surface area contributed by atoms with Crippen molar-refractivity contribution in [2.45, 2.75) is 13.1 Å². The van der Waals surface area contributed by atoms with Gasteiger partial charge in [-0.05, 0) is 17.7 Å². The molecule has 1 heterocycles. The highest BCUT2D eigenvalue weighted by Gasteiger charge is 2.02. The van der Waals surface area contributed by atoms with Crippen LogP contribution in [0.5, 0.6) is 5.75 Å². The van der Waals surface area contributed by atoms with Crippen molar-refractivity contribution < 1.29 is 14.0 Å². The highest BCUT2D eigenvalue weighted by Crippen LogP contribution is 2.15. The third kappa shape index (κ3) is 2.58. The smallest absolute Gasteiger partial charge is 0.165 e. The molecular weight excluding hydrogens is 211 g/mol. The fraction of sp³-hybridized carbons (Fsp3) is 0.182. The van der Waals surface area contributed by atoms with Crippen LogP contribution in [0, 0.1) is 5.82 Å². The second-order valence-electron chi connectivity index (χ2n) is 3.37. The summed E-state index contributed by atoms with van der Waals surface area (Å²) in [5, 5.41) is 15.6. The highest BCUT2D eigenvalue weighted by atomic mass is 19.1. The minimum absolute atomic E-state index is 0.334. The van der Waals surface area contributed by atoms with Gasteiger partial charge in [-0.15, -0.1) is 0 Å². The lowest BCUT2D eigenvalue weighted by Crippen LogP contribution is -2.12. The van der Waals surface area contributed by atoms with Crippen LogP contribution < -0.4 is 5.32 Å². The summed E-state index contributed by atoms with van der Waals surface area (Å²) < 4.78 is 17.9.